The lowest BCUT2D eigenvalue weighted by atomic mass is 10.1. The number of pyridine rings is 1. The number of nitrogens with one attached hydrogen (secondary N) is 2. The molecule has 2 heterocycles. The van der Waals surface area contributed by atoms with E-state index < -0.39 is 5.91 Å². The number of hydrogen-bond acceptors (Lipinski definition) is 4. The summed E-state index contributed by atoms with van der Waals surface area (Å²) in [5, 5.41) is 9.62. The first-order valence-electron chi connectivity index (χ1n) is 6.69. The van der Waals surface area contributed by atoms with Crippen molar-refractivity contribution >= 4 is 23.5 Å². The Hall–Kier alpha value is -2.80. The molecule has 0 bridgehead atoms. The van der Waals surface area contributed by atoms with Gasteiger partial charge in [0.1, 0.15) is 17.3 Å². The van der Waals surface area contributed by atoms with Gasteiger partial charge in [-0.25, -0.2) is 9.37 Å². The third kappa shape index (κ3) is 3.89. The Labute approximate surface area is 135 Å². The maximum atomic E-state index is 12.9. The number of rotatable bonds is 4. The Morgan fingerprint density at radius 1 is 1.22 bits per heavy atom. The lowest BCUT2D eigenvalue weighted by Crippen LogP contribution is -2.14. The smallest absolute Gasteiger partial charge is 0.276 e. The van der Waals surface area contributed by atoms with Crippen molar-refractivity contribution in [3.05, 3.63) is 70.5 Å². The number of amides is 1. The molecule has 0 unspecified atom stereocenters. The molecule has 3 aromatic rings. The van der Waals surface area contributed by atoms with Crippen molar-refractivity contribution in [1.29, 1.82) is 0 Å². The Bertz CT molecular complexity index is 817. The first-order chi connectivity index (χ1) is 11.1. The molecule has 2 N–H and O–H groups in total. The van der Waals surface area contributed by atoms with Crippen molar-refractivity contribution in [2.45, 2.75) is 6.42 Å². The molecule has 0 aliphatic rings. The summed E-state index contributed by atoms with van der Waals surface area (Å²) in [7, 11) is 0. The largest absolute Gasteiger partial charge is 0.288 e. The fraction of sp³-hybridized carbons (Fsp3) is 0.0667. The zero-order valence-corrected chi connectivity index (χ0v) is 12.5. The van der Waals surface area contributed by atoms with Gasteiger partial charge in [0.15, 0.2) is 0 Å². The van der Waals surface area contributed by atoms with Gasteiger partial charge >= 0.3 is 0 Å². The van der Waals surface area contributed by atoms with Crippen molar-refractivity contribution in [3.8, 4) is 0 Å². The van der Waals surface area contributed by atoms with E-state index in [1.54, 1.807) is 18.2 Å². The molecule has 0 atom stereocenters. The third-order valence-corrected chi connectivity index (χ3v) is 3.23. The predicted octanol–water partition coefficient (Wildman–Crippen LogP) is 2.84. The van der Waals surface area contributed by atoms with Gasteiger partial charge in [0.25, 0.3) is 5.91 Å². The van der Waals surface area contributed by atoms with E-state index in [0.717, 1.165) is 5.56 Å². The minimum absolute atomic E-state index is 0.142. The van der Waals surface area contributed by atoms with Gasteiger partial charge in [-0.15, -0.1) is 5.10 Å². The van der Waals surface area contributed by atoms with E-state index in [2.05, 4.69) is 25.5 Å². The lowest BCUT2D eigenvalue weighted by molar-refractivity contribution is 0.102. The van der Waals surface area contributed by atoms with Gasteiger partial charge in [0.05, 0.1) is 5.02 Å². The van der Waals surface area contributed by atoms with E-state index in [0.29, 0.717) is 17.3 Å². The van der Waals surface area contributed by atoms with Gasteiger partial charge in [-0.2, -0.15) is 4.98 Å². The second-order valence-electron chi connectivity index (χ2n) is 4.72. The third-order valence-electron chi connectivity index (χ3n) is 3.00. The molecule has 0 spiro atoms. The first kappa shape index (κ1) is 15.1. The SMILES string of the molecule is O=C(Nc1n[nH]c(Cc2ccc(F)cc2)n1)c1ccc(Cl)cn1. The molecular formula is C15H11ClFN5O. The normalized spacial score (nSPS) is 10.5. The van der Waals surface area contributed by atoms with Crippen LogP contribution in [0.1, 0.15) is 21.9 Å². The molecule has 0 saturated carbocycles. The molecule has 3 rings (SSSR count). The van der Waals surface area contributed by atoms with Crippen LogP contribution < -0.4 is 5.32 Å². The molecule has 2 aromatic heterocycles. The van der Waals surface area contributed by atoms with Crippen LogP contribution in [-0.2, 0) is 6.42 Å². The van der Waals surface area contributed by atoms with Gasteiger partial charge in [0, 0.05) is 12.6 Å². The van der Waals surface area contributed by atoms with Crippen LogP contribution in [-0.4, -0.2) is 26.1 Å². The highest BCUT2D eigenvalue weighted by Gasteiger charge is 2.11. The quantitative estimate of drug-likeness (QED) is 0.770. The summed E-state index contributed by atoms with van der Waals surface area (Å²) in [6, 6.07) is 9.15. The van der Waals surface area contributed by atoms with Gasteiger partial charge in [0.2, 0.25) is 5.95 Å². The molecule has 0 fully saturated rings. The minimum atomic E-state index is -0.436. The molecule has 8 heteroatoms. The summed E-state index contributed by atoms with van der Waals surface area (Å²) < 4.78 is 12.9. The molecule has 0 aliphatic carbocycles. The maximum absolute atomic E-state index is 12.9. The van der Waals surface area contributed by atoms with E-state index in [-0.39, 0.29) is 17.5 Å². The highest BCUT2D eigenvalue weighted by atomic mass is 35.5. The maximum Gasteiger partial charge on any atom is 0.276 e. The molecule has 0 radical (unpaired) electrons. The van der Waals surface area contributed by atoms with E-state index >= 15 is 0 Å². The Morgan fingerprint density at radius 2 is 2.00 bits per heavy atom. The fourth-order valence-corrected chi connectivity index (χ4v) is 2.01. The van der Waals surface area contributed by atoms with Crippen LogP contribution in [0.4, 0.5) is 10.3 Å². The summed E-state index contributed by atoms with van der Waals surface area (Å²) in [4.78, 5) is 20.1. The number of benzene rings is 1. The Kier molecular flexibility index (Phi) is 4.29. The second kappa shape index (κ2) is 6.53. The zero-order valence-electron chi connectivity index (χ0n) is 11.8. The van der Waals surface area contributed by atoms with Crippen LogP contribution in [0.2, 0.25) is 5.02 Å². The first-order valence-corrected chi connectivity index (χ1v) is 7.06. The van der Waals surface area contributed by atoms with Gasteiger partial charge in [-0.05, 0) is 29.8 Å². The number of halogens is 2. The van der Waals surface area contributed by atoms with Crippen LogP contribution in [0, 0.1) is 5.82 Å². The summed E-state index contributed by atoms with van der Waals surface area (Å²) in [5.74, 6) is -0.0384. The number of nitrogens with zero attached hydrogens (tertiary/aromatic N) is 3. The van der Waals surface area contributed by atoms with Gasteiger partial charge < -0.3 is 0 Å². The molecule has 0 saturated heterocycles. The topological polar surface area (TPSA) is 83.6 Å². The van der Waals surface area contributed by atoms with Gasteiger partial charge in [-0.3, -0.25) is 15.2 Å². The molecule has 0 aliphatic heterocycles. The van der Waals surface area contributed by atoms with Crippen molar-refractivity contribution < 1.29 is 9.18 Å². The van der Waals surface area contributed by atoms with Crippen LogP contribution in [0.5, 0.6) is 0 Å². The Balaban J connectivity index is 1.66. The number of anilines is 1. The van der Waals surface area contributed by atoms with E-state index in [9.17, 15) is 9.18 Å². The lowest BCUT2D eigenvalue weighted by Gasteiger charge is -2.00. The van der Waals surface area contributed by atoms with E-state index in [1.165, 1.54) is 24.4 Å². The summed E-state index contributed by atoms with van der Waals surface area (Å²) in [5.41, 5.74) is 1.08. The molecule has 6 nitrogen and oxygen atoms in total. The standard InChI is InChI=1S/C15H11ClFN5O/c16-10-3-6-12(18-8-10)14(23)20-15-19-13(21-22-15)7-9-1-4-11(17)5-2-9/h1-6,8H,7H2,(H2,19,20,21,22,23). The van der Waals surface area contributed by atoms with Crippen molar-refractivity contribution in [2.75, 3.05) is 5.32 Å². The van der Waals surface area contributed by atoms with E-state index in [4.69, 9.17) is 11.6 Å². The Morgan fingerprint density at radius 3 is 2.70 bits per heavy atom. The average molecular weight is 332 g/mol. The number of aromatic nitrogens is 4. The number of aromatic amines is 1. The molecule has 1 amide bonds. The number of H-pyrrole nitrogens is 1. The minimum Gasteiger partial charge on any atom is -0.288 e. The fourth-order valence-electron chi connectivity index (χ4n) is 1.90. The van der Waals surface area contributed by atoms with Crippen molar-refractivity contribution in [1.82, 2.24) is 20.2 Å². The molecule has 1 aromatic carbocycles. The van der Waals surface area contributed by atoms with Crippen LogP contribution >= 0.6 is 11.6 Å². The van der Waals surface area contributed by atoms with Crippen LogP contribution in [0.3, 0.4) is 0 Å². The van der Waals surface area contributed by atoms with Crippen molar-refractivity contribution in [3.63, 3.8) is 0 Å². The van der Waals surface area contributed by atoms with E-state index in [1.807, 2.05) is 0 Å². The highest BCUT2D eigenvalue weighted by Crippen LogP contribution is 2.10. The summed E-state index contributed by atoms with van der Waals surface area (Å²) in [6.07, 6.45) is 1.83. The van der Waals surface area contributed by atoms with Crippen LogP contribution in [0.15, 0.2) is 42.6 Å². The molecule has 23 heavy (non-hydrogen) atoms. The number of hydrogen-bond donors (Lipinski definition) is 2. The second-order valence-corrected chi connectivity index (χ2v) is 5.16. The zero-order chi connectivity index (χ0) is 16.2. The van der Waals surface area contributed by atoms with Crippen molar-refractivity contribution in [2.24, 2.45) is 0 Å². The predicted molar refractivity (Wildman–Crippen MR) is 82.8 cm³/mol. The molecular weight excluding hydrogens is 321 g/mol. The highest BCUT2D eigenvalue weighted by molar-refractivity contribution is 6.30. The average Bonchev–Trinajstić information content (AvgIpc) is 2.97. The summed E-state index contributed by atoms with van der Waals surface area (Å²) >= 11 is 5.72. The number of carbonyl (C=O) groups excluding carboxylic acids is 1. The van der Waals surface area contributed by atoms with Gasteiger partial charge in [-0.1, -0.05) is 23.7 Å². The monoisotopic (exact) mass is 331 g/mol. The van der Waals surface area contributed by atoms with Crippen LogP contribution in [0.25, 0.3) is 0 Å². The number of carbonyl (C=O) groups is 1. The summed E-state index contributed by atoms with van der Waals surface area (Å²) in [6.45, 7) is 0. The molecule has 116 valence electrons.